The van der Waals surface area contributed by atoms with Gasteiger partial charge >= 0.3 is 0 Å². The van der Waals surface area contributed by atoms with Crippen molar-refractivity contribution in [3.63, 3.8) is 0 Å². The van der Waals surface area contributed by atoms with Gasteiger partial charge in [0, 0.05) is 0 Å². The fourth-order valence-corrected chi connectivity index (χ4v) is 1.31. The average Bonchev–Trinajstić information content (AvgIpc) is 2.14. The molecule has 0 spiro atoms. The van der Waals surface area contributed by atoms with Crippen LogP contribution in [-0.4, -0.2) is 0 Å². The van der Waals surface area contributed by atoms with Crippen LogP contribution in [0.5, 0.6) is 0 Å². The summed E-state index contributed by atoms with van der Waals surface area (Å²) in [4.78, 5) is 0. The molecule has 0 nitrogen and oxygen atoms in total. The molecule has 0 saturated carbocycles. The van der Waals surface area contributed by atoms with E-state index in [1.165, 1.54) is 11.1 Å². The Morgan fingerprint density at radius 1 is 1.14 bits per heavy atom. The first-order valence-electron chi connectivity index (χ1n) is 4.93. The van der Waals surface area contributed by atoms with E-state index in [1.54, 1.807) is 0 Å². The van der Waals surface area contributed by atoms with E-state index in [0.29, 0.717) is 0 Å². The van der Waals surface area contributed by atoms with Crippen molar-refractivity contribution in [1.82, 2.24) is 0 Å². The summed E-state index contributed by atoms with van der Waals surface area (Å²) in [5, 5.41) is 0. The minimum atomic E-state index is 0.164. The molecular formula is C14H18. The van der Waals surface area contributed by atoms with Crippen LogP contribution >= 0.6 is 0 Å². The lowest BCUT2D eigenvalue weighted by Crippen LogP contribution is -2.06. The maximum Gasteiger partial charge on any atom is -0.0132 e. The number of allylic oxidation sites excluding steroid dienone is 2. The summed E-state index contributed by atoms with van der Waals surface area (Å²) < 4.78 is 0. The first kappa shape index (κ1) is 10.8. The van der Waals surface area contributed by atoms with Gasteiger partial charge in [0.15, 0.2) is 0 Å². The molecule has 0 aliphatic heterocycles. The summed E-state index contributed by atoms with van der Waals surface area (Å²) in [6.45, 7) is 10.4. The topological polar surface area (TPSA) is 0 Å². The van der Waals surface area contributed by atoms with Gasteiger partial charge in [-0.05, 0) is 16.6 Å². The van der Waals surface area contributed by atoms with Crippen molar-refractivity contribution in [3.05, 3.63) is 54.1 Å². The predicted octanol–water partition coefficient (Wildman–Crippen LogP) is 4.30. The molecule has 0 fully saturated rings. The Balaban J connectivity index is 3.02. The normalized spacial score (nSPS) is 12.6. The van der Waals surface area contributed by atoms with Crippen molar-refractivity contribution in [2.75, 3.05) is 0 Å². The molecule has 0 unspecified atom stereocenters. The zero-order chi connectivity index (χ0) is 10.6. The molecule has 0 radical (unpaired) electrons. The van der Waals surface area contributed by atoms with Crippen molar-refractivity contribution in [3.8, 4) is 0 Å². The van der Waals surface area contributed by atoms with Gasteiger partial charge in [-0.2, -0.15) is 0 Å². The van der Waals surface area contributed by atoms with Crippen LogP contribution in [0.3, 0.4) is 0 Å². The van der Waals surface area contributed by atoms with Gasteiger partial charge in [-0.25, -0.2) is 0 Å². The molecule has 0 heterocycles. The van der Waals surface area contributed by atoms with Crippen LogP contribution in [-0.2, 0) is 0 Å². The Kier molecular flexibility index (Phi) is 3.29. The van der Waals surface area contributed by atoms with E-state index >= 15 is 0 Å². The molecule has 1 aromatic rings. The molecule has 0 bridgehead atoms. The summed E-state index contributed by atoms with van der Waals surface area (Å²) in [5.74, 6) is 0. The second kappa shape index (κ2) is 4.28. The van der Waals surface area contributed by atoms with Gasteiger partial charge in [0.1, 0.15) is 0 Å². The highest BCUT2D eigenvalue weighted by molar-refractivity contribution is 5.56. The van der Waals surface area contributed by atoms with Crippen LogP contribution in [0.15, 0.2) is 48.6 Å². The summed E-state index contributed by atoms with van der Waals surface area (Å²) in [6.07, 6.45) is 4.12. The van der Waals surface area contributed by atoms with Gasteiger partial charge in [-0.15, -0.1) is 0 Å². The predicted molar refractivity (Wildman–Crippen MR) is 64.1 cm³/mol. The SMILES string of the molecule is C=CC(=Cc1ccccc1)C(C)(C)C. The molecule has 0 aliphatic carbocycles. The molecule has 0 heteroatoms. The fourth-order valence-electron chi connectivity index (χ4n) is 1.31. The van der Waals surface area contributed by atoms with Crippen molar-refractivity contribution in [1.29, 1.82) is 0 Å². The summed E-state index contributed by atoms with van der Waals surface area (Å²) in [6, 6.07) is 10.3. The third-order valence-corrected chi connectivity index (χ3v) is 2.21. The lowest BCUT2D eigenvalue weighted by atomic mass is 9.85. The Bertz CT molecular complexity index is 323. The lowest BCUT2D eigenvalue weighted by molar-refractivity contribution is 0.521. The number of hydrogen-bond acceptors (Lipinski definition) is 0. The van der Waals surface area contributed by atoms with E-state index in [2.05, 4.69) is 57.7 Å². The van der Waals surface area contributed by atoms with E-state index in [9.17, 15) is 0 Å². The van der Waals surface area contributed by atoms with Crippen molar-refractivity contribution >= 4 is 6.08 Å². The van der Waals surface area contributed by atoms with Crippen LogP contribution < -0.4 is 0 Å². The number of hydrogen-bond donors (Lipinski definition) is 0. The zero-order valence-corrected chi connectivity index (χ0v) is 9.25. The summed E-state index contributed by atoms with van der Waals surface area (Å²) >= 11 is 0. The molecule has 1 aromatic carbocycles. The Hall–Kier alpha value is -1.30. The first-order chi connectivity index (χ1) is 6.54. The standard InChI is InChI=1S/C14H18/c1-5-13(14(2,3)4)11-12-9-7-6-8-10-12/h5-11H,1H2,2-4H3. The molecule has 0 amide bonds. The quantitative estimate of drug-likeness (QED) is 0.604. The molecular weight excluding hydrogens is 168 g/mol. The molecule has 0 aliphatic rings. The van der Waals surface area contributed by atoms with E-state index < -0.39 is 0 Å². The maximum atomic E-state index is 3.86. The second-order valence-electron chi connectivity index (χ2n) is 4.46. The maximum absolute atomic E-state index is 3.86. The van der Waals surface area contributed by atoms with Gasteiger partial charge in [0.2, 0.25) is 0 Å². The zero-order valence-electron chi connectivity index (χ0n) is 9.25. The minimum absolute atomic E-state index is 0.164. The van der Waals surface area contributed by atoms with Crippen molar-refractivity contribution in [2.24, 2.45) is 5.41 Å². The summed E-state index contributed by atoms with van der Waals surface area (Å²) in [5.41, 5.74) is 2.67. The first-order valence-corrected chi connectivity index (χ1v) is 4.93. The highest BCUT2D eigenvalue weighted by Crippen LogP contribution is 2.27. The Morgan fingerprint density at radius 2 is 1.71 bits per heavy atom. The van der Waals surface area contributed by atoms with Gasteiger partial charge in [0.25, 0.3) is 0 Å². The highest BCUT2D eigenvalue weighted by Gasteiger charge is 2.13. The van der Waals surface area contributed by atoms with Gasteiger partial charge in [0.05, 0.1) is 0 Å². The smallest absolute Gasteiger partial charge is 0.0132 e. The minimum Gasteiger partial charge on any atom is -0.0988 e. The summed E-state index contributed by atoms with van der Waals surface area (Å²) in [7, 11) is 0. The molecule has 14 heavy (non-hydrogen) atoms. The largest absolute Gasteiger partial charge is 0.0988 e. The molecule has 1 rings (SSSR count). The van der Waals surface area contributed by atoms with Crippen molar-refractivity contribution in [2.45, 2.75) is 20.8 Å². The van der Waals surface area contributed by atoms with Gasteiger partial charge in [-0.1, -0.05) is 69.8 Å². The van der Waals surface area contributed by atoms with Gasteiger partial charge < -0.3 is 0 Å². The molecule has 0 N–H and O–H groups in total. The van der Waals surface area contributed by atoms with Gasteiger partial charge in [-0.3, -0.25) is 0 Å². The molecule has 0 saturated heterocycles. The Morgan fingerprint density at radius 3 is 2.14 bits per heavy atom. The Labute approximate surface area is 87.0 Å². The van der Waals surface area contributed by atoms with E-state index in [0.717, 1.165) is 0 Å². The molecule has 0 atom stereocenters. The van der Waals surface area contributed by atoms with Crippen LogP contribution in [0.25, 0.3) is 6.08 Å². The monoisotopic (exact) mass is 186 g/mol. The van der Waals surface area contributed by atoms with E-state index in [4.69, 9.17) is 0 Å². The fraction of sp³-hybridized carbons (Fsp3) is 0.286. The molecule has 0 aromatic heterocycles. The number of benzene rings is 1. The third kappa shape index (κ3) is 2.88. The van der Waals surface area contributed by atoms with Crippen molar-refractivity contribution < 1.29 is 0 Å². The van der Waals surface area contributed by atoms with Crippen LogP contribution in [0.1, 0.15) is 26.3 Å². The van der Waals surface area contributed by atoms with Crippen LogP contribution in [0.2, 0.25) is 0 Å². The lowest BCUT2D eigenvalue weighted by Gasteiger charge is -2.20. The third-order valence-electron chi connectivity index (χ3n) is 2.21. The van der Waals surface area contributed by atoms with E-state index in [-0.39, 0.29) is 5.41 Å². The van der Waals surface area contributed by atoms with E-state index in [1.807, 2.05) is 12.1 Å². The number of rotatable bonds is 2. The highest BCUT2D eigenvalue weighted by atomic mass is 14.2. The molecule has 74 valence electrons. The van der Waals surface area contributed by atoms with Crippen LogP contribution in [0.4, 0.5) is 0 Å². The van der Waals surface area contributed by atoms with Crippen LogP contribution in [0, 0.1) is 5.41 Å². The second-order valence-corrected chi connectivity index (χ2v) is 4.46. The average molecular weight is 186 g/mol.